The number of aromatic hydroxyl groups is 1. The fourth-order valence-corrected chi connectivity index (χ4v) is 4.69. The van der Waals surface area contributed by atoms with Crippen molar-refractivity contribution < 1.29 is 5.11 Å². The largest absolute Gasteiger partial charge is 0.508 e. The molecule has 1 aliphatic rings. The number of benzene rings is 3. The Morgan fingerprint density at radius 1 is 0.852 bits per heavy atom. The SMILES string of the molecule is Cc1ccc(C(c2cc(-c3ccccc3)ccc2O)N2CCSCC2)cc1. The van der Waals surface area contributed by atoms with Crippen LogP contribution in [0.25, 0.3) is 11.1 Å². The van der Waals surface area contributed by atoms with Crippen LogP contribution in [0.4, 0.5) is 0 Å². The zero-order valence-electron chi connectivity index (χ0n) is 15.6. The number of phenols is 1. The van der Waals surface area contributed by atoms with Gasteiger partial charge in [-0.2, -0.15) is 11.8 Å². The van der Waals surface area contributed by atoms with Crippen molar-refractivity contribution in [2.45, 2.75) is 13.0 Å². The average Bonchev–Trinajstić information content (AvgIpc) is 2.72. The first-order valence-electron chi connectivity index (χ1n) is 9.49. The molecule has 1 fully saturated rings. The number of hydrogen-bond acceptors (Lipinski definition) is 3. The molecule has 1 atom stereocenters. The highest BCUT2D eigenvalue weighted by molar-refractivity contribution is 7.99. The number of hydrogen-bond donors (Lipinski definition) is 1. The van der Waals surface area contributed by atoms with E-state index in [1.807, 2.05) is 30.0 Å². The minimum atomic E-state index is 0.0789. The molecule has 2 nitrogen and oxygen atoms in total. The normalized spacial score (nSPS) is 16.2. The summed E-state index contributed by atoms with van der Waals surface area (Å²) < 4.78 is 0. The summed E-state index contributed by atoms with van der Waals surface area (Å²) in [5.41, 5.74) is 5.82. The predicted octanol–water partition coefficient (Wildman–Crippen LogP) is 5.51. The molecule has 3 aromatic carbocycles. The third-order valence-electron chi connectivity index (χ3n) is 5.23. The van der Waals surface area contributed by atoms with E-state index < -0.39 is 0 Å². The van der Waals surface area contributed by atoms with Crippen LogP contribution in [0.3, 0.4) is 0 Å². The molecule has 0 aromatic heterocycles. The lowest BCUT2D eigenvalue weighted by molar-refractivity contribution is 0.245. The van der Waals surface area contributed by atoms with Gasteiger partial charge < -0.3 is 5.11 Å². The molecule has 0 aliphatic carbocycles. The Kier molecular flexibility index (Phi) is 5.51. The number of rotatable bonds is 4. The fraction of sp³-hybridized carbons (Fsp3) is 0.250. The molecule has 4 rings (SSSR count). The Hall–Kier alpha value is -2.23. The lowest BCUT2D eigenvalue weighted by Crippen LogP contribution is -2.36. The first kappa shape index (κ1) is 18.1. The van der Waals surface area contributed by atoms with Crippen LogP contribution in [0.15, 0.2) is 72.8 Å². The van der Waals surface area contributed by atoms with Gasteiger partial charge in [0, 0.05) is 30.2 Å². The van der Waals surface area contributed by atoms with Crippen molar-refractivity contribution >= 4 is 11.8 Å². The fourth-order valence-electron chi connectivity index (χ4n) is 3.76. The van der Waals surface area contributed by atoms with E-state index in [9.17, 15) is 5.11 Å². The summed E-state index contributed by atoms with van der Waals surface area (Å²) in [5.74, 6) is 2.65. The highest BCUT2D eigenvalue weighted by Gasteiger charge is 2.26. The molecule has 1 aliphatic heterocycles. The Labute approximate surface area is 165 Å². The zero-order valence-corrected chi connectivity index (χ0v) is 16.5. The van der Waals surface area contributed by atoms with E-state index in [-0.39, 0.29) is 6.04 Å². The van der Waals surface area contributed by atoms with Gasteiger partial charge in [-0.1, -0.05) is 66.2 Å². The summed E-state index contributed by atoms with van der Waals surface area (Å²) in [5, 5.41) is 10.8. The van der Waals surface area contributed by atoms with Gasteiger partial charge in [0.2, 0.25) is 0 Å². The maximum atomic E-state index is 10.8. The van der Waals surface area contributed by atoms with Crippen LogP contribution >= 0.6 is 11.8 Å². The maximum absolute atomic E-state index is 10.8. The molecule has 0 amide bonds. The van der Waals surface area contributed by atoms with Gasteiger partial charge in [0.05, 0.1) is 6.04 Å². The number of phenolic OH excluding ortho intramolecular Hbond substituents is 1. The van der Waals surface area contributed by atoms with Crippen molar-refractivity contribution in [3.63, 3.8) is 0 Å². The van der Waals surface area contributed by atoms with E-state index in [0.29, 0.717) is 5.75 Å². The van der Waals surface area contributed by atoms with E-state index >= 15 is 0 Å². The molecule has 1 N–H and O–H groups in total. The molecule has 1 saturated heterocycles. The molecular weight excluding hydrogens is 350 g/mol. The van der Waals surface area contributed by atoms with Crippen molar-refractivity contribution in [1.82, 2.24) is 4.90 Å². The summed E-state index contributed by atoms with van der Waals surface area (Å²) in [6, 6.07) is 25.2. The summed E-state index contributed by atoms with van der Waals surface area (Å²) >= 11 is 2.01. The van der Waals surface area contributed by atoms with Crippen molar-refractivity contribution in [3.05, 3.63) is 89.5 Å². The lowest BCUT2D eigenvalue weighted by Gasteiger charge is -2.35. The minimum Gasteiger partial charge on any atom is -0.508 e. The van der Waals surface area contributed by atoms with Crippen LogP contribution in [0.2, 0.25) is 0 Å². The van der Waals surface area contributed by atoms with E-state index in [4.69, 9.17) is 0 Å². The molecule has 138 valence electrons. The second-order valence-electron chi connectivity index (χ2n) is 7.10. The van der Waals surface area contributed by atoms with Crippen LogP contribution < -0.4 is 0 Å². The maximum Gasteiger partial charge on any atom is 0.120 e. The molecule has 1 unspecified atom stereocenters. The molecule has 0 spiro atoms. The summed E-state index contributed by atoms with van der Waals surface area (Å²) in [6.45, 7) is 4.19. The second-order valence-corrected chi connectivity index (χ2v) is 8.33. The molecule has 3 heteroatoms. The lowest BCUT2D eigenvalue weighted by atomic mass is 9.92. The van der Waals surface area contributed by atoms with Crippen molar-refractivity contribution in [2.24, 2.45) is 0 Å². The van der Waals surface area contributed by atoms with Crippen LogP contribution in [-0.2, 0) is 0 Å². The molecular formula is C24H25NOS. The highest BCUT2D eigenvalue weighted by atomic mass is 32.2. The van der Waals surface area contributed by atoms with Gasteiger partial charge in [-0.25, -0.2) is 0 Å². The van der Waals surface area contributed by atoms with Gasteiger partial charge in [-0.3, -0.25) is 4.90 Å². The minimum absolute atomic E-state index is 0.0789. The predicted molar refractivity (Wildman–Crippen MR) is 115 cm³/mol. The van der Waals surface area contributed by atoms with Gasteiger partial charge in [0.25, 0.3) is 0 Å². The van der Waals surface area contributed by atoms with Gasteiger partial charge in [0.1, 0.15) is 5.75 Å². The van der Waals surface area contributed by atoms with Crippen LogP contribution in [0, 0.1) is 6.92 Å². The Morgan fingerprint density at radius 3 is 2.26 bits per heavy atom. The van der Waals surface area contributed by atoms with Crippen molar-refractivity contribution in [3.8, 4) is 16.9 Å². The van der Waals surface area contributed by atoms with Gasteiger partial charge >= 0.3 is 0 Å². The number of aryl methyl sites for hydroxylation is 1. The third kappa shape index (κ3) is 4.05. The molecule has 0 radical (unpaired) electrons. The van der Waals surface area contributed by atoms with Gasteiger partial charge in [-0.15, -0.1) is 0 Å². The van der Waals surface area contributed by atoms with Gasteiger partial charge in [0.15, 0.2) is 0 Å². The van der Waals surface area contributed by atoms with E-state index in [1.54, 1.807) is 0 Å². The summed E-state index contributed by atoms with van der Waals surface area (Å²) in [6.07, 6.45) is 0. The Morgan fingerprint density at radius 2 is 1.56 bits per heavy atom. The van der Waals surface area contributed by atoms with Gasteiger partial charge in [-0.05, 0) is 35.7 Å². The Balaban J connectivity index is 1.80. The van der Waals surface area contributed by atoms with Crippen molar-refractivity contribution in [2.75, 3.05) is 24.6 Å². The summed E-state index contributed by atoms with van der Waals surface area (Å²) in [4.78, 5) is 2.50. The van der Waals surface area contributed by atoms with E-state index in [2.05, 4.69) is 66.4 Å². The number of thioether (sulfide) groups is 1. The smallest absolute Gasteiger partial charge is 0.120 e. The molecule has 0 bridgehead atoms. The monoisotopic (exact) mass is 375 g/mol. The Bertz CT molecular complexity index is 886. The third-order valence-corrected chi connectivity index (χ3v) is 6.18. The van der Waals surface area contributed by atoms with Crippen molar-refractivity contribution in [1.29, 1.82) is 0 Å². The zero-order chi connectivity index (χ0) is 18.6. The summed E-state index contributed by atoms with van der Waals surface area (Å²) in [7, 11) is 0. The van der Waals surface area contributed by atoms with Crippen LogP contribution in [0.5, 0.6) is 5.75 Å². The molecule has 27 heavy (non-hydrogen) atoms. The van der Waals surface area contributed by atoms with Crippen LogP contribution in [-0.4, -0.2) is 34.6 Å². The average molecular weight is 376 g/mol. The first-order chi connectivity index (χ1) is 13.2. The van der Waals surface area contributed by atoms with Crippen LogP contribution in [0.1, 0.15) is 22.7 Å². The number of nitrogens with zero attached hydrogens (tertiary/aromatic N) is 1. The standard InChI is InChI=1S/C24H25NOS/c1-18-7-9-20(10-8-18)24(25-13-15-27-16-14-25)22-17-21(11-12-23(22)26)19-5-3-2-4-6-19/h2-12,17,24,26H,13-16H2,1H3. The molecule has 0 saturated carbocycles. The first-order valence-corrected chi connectivity index (χ1v) is 10.6. The second kappa shape index (κ2) is 8.20. The van der Waals surface area contributed by atoms with E-state index in [1.165, 1.54) is 16.7 Å². The molecule has 3 aromatic rings. The highest BCUT2D eigenvalue weighted by Crippen LogP contribution is 2.38. The topological polar surface area (TPSA) is 23.5 Å². The quantitative estimate of drug-likeness (QED) is 0.651. The van der Waals surface area contributed by atoms with E-state index in [0.717, 1.165) is 35.7 Å². The molecule has 1 heterocycles.